The zero-order valence-corrected chi connectivity index (χ0v) is 14.9. The van der Waals surface area contributed by atoms with E-state index in [9.17, 15) is 4.79 Å². The SMILES string of the molecule is Cc1csc([C@@H]2CCCCN2C(=O)[C@H]2Oc3ccccc3[C@H]2C)n1. The highest BCUT2D eigenvalue weighted by Gasteiger charge is 2.41. The van der Waals surface area contributed by atoms with Crippen molar-refractivity contribution in [1.29, 1.82) is 0 Å². The normalized spacial score (nSPS) is 26.1. The number of aryl methyl sites for hydroxylation is 1. The zero-order chi connectivity index (χ0) is 16.7. The van der Waals surface area contributed by atoms with Crippen LogP contribution in [0.15, 0.2) is 29.6 Å². The molecule has 5 heteroatoms. The highest BCUT2D eigenvalue weighted by atomic mass is 32.1. The number of hydrogen-bond donors (Lipinski definition) is 0. The Morgan fingerprint density at radius 2 is 2.17 bits per heavy atom. The lowest BCUT2D eigenvalue weighted by atomic mass is 9.95. The van der Waals surface area contributed by atoms with E-state index in [1.807, 2.05) is 30.0 Å². The van der Waals surface area contributed by atoms with Gasteiger partial charge in [-0.2, -0.15) is 0 Å². The van der Waals surface area contributed by atoms with Crippen molar-refractivity contribution in [2.75, 3.05) is 6.54 Å². The number of amides is 1. The maximum absolute atomic E-state index is 13.2. The molecule has 0 aliphatic carbocycles. The number of benzene rings is 1. The third-order valence-corrected chi connectivity index (χ3v) is 6.13. The van der Waals surface area contributed by atoms with Gasteiger partial charge in [-0.25, -0.2) is 4.98 Å². The topological polar surface area (TPSA) is 42.4 Å². The molecule has 0 saturated carbocycles. The van der Waals surface area contributed by atoms with Gasteiger partial charge in [-0.1, -0.05) is 25.1 Å². The van der Waals surface area contributed by atoms with Gasteiger partial charge in [0.25, 0.3) is 5.91 Å². The smallest absolute Gasteiger partial charge is 0.264 e. The number of aromatic nitrogens is 1. The molecule has 3 heterocycles. The molecule has 0 unspecified atom stereocenters. The molecule has 2 aliphatic rings. The summed E-state index contributed by atoms with van der Waals surface area (Å²) in [4.78, 5) is 19.9. The van der Waals surface area contributed by atoms with Gasteiger partial charge in [-0.15, -0.1) is 11.3 Å². The van der Waals surface area contributed by atoms with Gasteiger partial charge >= 0.3 is 0 Å². The van der Waals surface area contributed by atoms with E-state index < -0.39 is 6.10 Å². The number of hydrogen-bond acceptors (Lipinski definition) is 4. The van der Waals surface area contributed by atoms with Crippen molar-refractivity contribution in [3.8, 4) is 5.75 Å². The molecule has 1 aromatic carbocycles. The lowest BCUT2D eigenvalue weighted by Gasteiger charge is -2.36. The van der Waals surface area contributed by atoms with Crippen LogP contribution in [0, 0.1) is 6.92 Å². The second-order valence-corrected chi connectivity index (χ2v) is 7.62. The Bertz CT molecular complexity index is 757. The minimum absolute atomic E-state index is 0.0920. The average molecular weight is 342 g/mol. The highest BCUT2D eigenvalue weighted by molar-refractivity contribution is 7.09. The molecule has 126 valence electrons. The molecule has 2 aromatic rings. The Balaban J connectivity index is 1.59. The molecule has 4 rings (SSSR count). The maximum Gasteiger partial charge on any atom is 0.264 e. The number of ether oxygens (including phenoxy) is 1. The Kier molecular flexibility index (Phi) is 4.04. The third kappa shape index (κ3) is 2.61. The first-order valence-electron chi connectivity index (χ1n) is 8.63. The molecule has 0 N–H and O–H groups in total. The van der Waals surface area contributed by atoms with E-state index in [0.29, 0.717) is 0 Å². The van der Waals surface area contributed by atoms with Crippen LogP contribution in [0.4, 0.5) is 0 Å². The number of nitrogens with zero attached hydrogens (tertiary/aromatic N) is 2. The van der Waals surface area contributed by atoms with E-state index in [2.05, 4.69) is 23.4 Å². The van der Waals surface area contributed by atoms with Crippen LogP contribution in [0.2, 0.25) is 0 Å². The van der Waals surface area contributed by atoms with E-state index in [1.54, 1.807) is 11.3 Å². The van der Waals surface area contributed by atoms with Gasteiger partial charge in [0.05, 0.1) is 6.04 Å². The molecule has 1 amide bonds. The van der Waals surface area contributed by atoms with Crippen LogP contribution in [0.1, 0.15) is 54.4 Å². The van der Waals surface area contributed by atoms with Crippen LogP contribution in [0.5, 0.6) is 5.75 Å². The predicted molar refractivity (Wildman–Crippen MR) is 94.4 cm³/mol. The minimum Gasteiger partial charge on any atom is -0.480 e. The highest BCUT2D eigenvalue weighted by Crippen LogP contribution is 2.40. The van der Waals surface area contributed by atoms with Crippen molar-refractivity contribution < 1.29 is 9.53 Å². The number of fused-ring (bicyclic) bond motifs is 1. The molecule has 1 aromatic heterocycles. The summed E-state index contributed by atoms with van der Waals surface area (Å²) < 4.78 is 6.02. The first kappa shape index (κ1) is 15.6. The summed E-state index contributed by atoms with van der Waals surface area (Å²) in [5.74, 6) is 1.05. The van der Waals surface area contributed by atoms with Crippen molar-refractivity contribution >= 4 is 17.2 Å². The van der Waals surface area contributed by atoms with E-state index in [1.165, 1.54) is 0 Å². The van der Waals surface area contributed by atoms with Crippen LogP contribution < -0.4 is 4.74 Å². The van der Waals surface area contributed by atoms with Gasteiger partial charge in [0, 0.05) is 29.1 Å². The number of piperidine rings is 1. The monoisotopic (exact) mass is 342 g/mol. The number of carbonyl (C=O) groups excluding carboxylic acids is 1. The second kappa shape index (κ2) is 6.20. The Morgan fingerprint density at radius 1 is 1.33 bits per heavy atom. The number of thiazole rings is 1. The summed E-state index contributed by atoms with van der Waals surface area (Å²) in [7, 11) is 0. The van der Waals surface area contributed by atoms with E-state index in [-0.39, 0.29) is 17.9 Å². The molecule has 1 fully saturated rings. The number of para-hydroxylation sites is 1. The largest absolute Gasteiger partial charge is 0.480 e. The summed E-state index contributed by atoms with van der Waals surface area (Å²) in [6, 6.07) is 8.08. The summed E-state index contributed by atoms with van der Waals surface area (Å²) in [6.45, 7) is 4.89. The molecule has 24 heavy (non-hydrogen) atoms. The first-order valence-corrected chi connectivity index (χ1v) is 9.51. The number of rotatable bonds is 2. The summed E-state index contributed by atoms with van der Waals surface area (Å²) in [5, 5.41) is 3.13. The molecular formula is C19H22N2O2S. The van der Waals surface area contributed by atoms with Gasteiger partial charge in [0.2, 0.25) is 0 Å². The minimum atomic E-state index is -0.413. The fraction of sp³-hybridized carbons (Fsp3) is 0.474. The molecule has 1 saturated heterocycles. The third-order valence-electron chi connectivity index (χ3n) is 5.07. The standard InChI is InChI=1S/C19H22N2O2S/c1-12-11-24-18(20-12)15-8-5-6-10-21(15)19(22)17-13(2)14-7-3-4-9-16(14)23-17/h3-4,7,9,11,13,15,17H,5-6,8,10H2,1-2H3/t13-,15+,17+/m1/s1. The van der Waals surface area contributed by atoms with Gasteiger partial charge in [-0.05, 0) is 32.3 Å². The second-order valence-electron chi connectivity index (χ2n) is 6.74. The van der Waals surface area contributed by atoms with E-state index in [0.717, 1.165) is 47.8 Å². The maximum atomic E-state index is 13.2. The van der Waals surface area contributed by atoms with Crippen LogP contribution in [-0.2, 0) is 4.79 Å². The summed E-state index contributed by atoms with van der Waals surface area (Å²) >= 11 is 1.66. The van der Waals surface area contributed by atoms with Crippen molar-refractivity contribution in [2.24, 2.45) is 0 Å². The van der Waals surface area contributed by atoms with Crippen molar-refractivity contribution in [2.45, 2.75) is 51.2 Å². The van der Waals surface area contributed by atoms with Crippen LogP contribution >= 0.6 is 11.3 Å². The van der Waals surface area contributed by atoms with Gasteiger partial charge in [0.15, 0.2) is 6.10 Å². The van der Waals surface area contributed by atoms with Crippen LogP contribution in [0.25, 0.3) is 0 Å². The van der Waals surface area contributed by atoms with E-state index in [4.69, 9.17) is 4.74 Å². The van der Waals surface area contributed by atoms with Crippen LogP contribution in [0.3, 0.4) is 0 Å². The lowest BCUT2D eigenvalue weighted by Crippen LogP contribution is -2.46. The summed E-state index contributed by atoms with van der Waals surface area (Å²) in [5.41, 5.74) is 2.17. The molecule has 0 bridgehead atoms. The summed E-state index contributed by atoms with van der Waals surface area (Å²) in [6.07, 6.45) is 2.78. The first-order chi connectivity index (χ1) is 11.6. The van der Waals surface area contributed by atoms with Gasteiger partial charge in [-0.3, -0.25) is 4.79 Å². The fourth-order valence-corrected chi connectivity index (χ4v) is 4.71. The van der Waals surface area contributed by atoms with Crippen molar-refractivity contribution in [1.82, 2.24) is 9.88 Å². The Hall–Kier alpha value is -1.88. The fourth-order valence-electron chi connectivity index (χ4n) is 3.77. The predicted octanol–water partition coefficient (Wildman–Crippen LogP) is 4.07. The van der Waals surface area contributed by atoms with Crippen molar-refractivity contribution in [3.05, 3.63) is 45.9 Å². The Labute approximate surface area is 146 Å². The zero-order valence-electron chi connectivity index (χ0n) is 14.1. The molecule has 0 spiro atoms. The molecule has 2 aliphatic heterocycles. The molecular weight excluding hydrogens is 320 g/mol. The van der Waals surface area contributed by atoms with Gasteiger partial charge in [0.1, 0.15) is 10.8 Å². The molecule has 3 atom stereocenters. The quantitative estimate of drug-likeness (QED) is 0.826. The van der Waals surface area contributed by atoms with Crippen molar-refractivity contribution in [3.63, 3.8) is 0 Å². The molecule has 0 radical (unpaired) electrons. The molecule has 4 nitrogen and oxygen atoms in total. The van der Waals surface area contributed by atoms with E-state index >= 15 is 0 Å². The number of likely N-dealkylation sites (tertiary alicyclic amines) is 1. The lowest BCUT2D eigenvalue weighted by molar-refractivity contribution is -0.142. The number of carbonyl (C=O) groups is 1. The van der Waals surface area contributed by atoms with Crippen LogP contribution in [-0.4, -0.2) is 28.4 Å². The van der Waals surface area contributed by atoms with Gasteiger partial charge < -0.3 is 9.64 Å². The Morgan fingerprint density at radius 3 is 2.92 bits per heavy atom. The average Bonchev–Trinajstić information content (AvgIpc) is 3.18.